The molecule has 0 radical (unpaired) electrons. The summed E-state index contributed by atoms with van der Waals surface area (Å²) in [6.45, 7) is 7.22. The van der Waals surface area contributed by atoms with E-state index in [2.05, 4.69) is 25.9 Å². The second-order valence-corrected chi connectivity index (χ2v) is 9.67. The van der Waals surface area contributed by atoms with Crippen LogP contribution in [0, 0.1) is 5.92 Å². The first-order chi connectivity index (χ1) is 14.8. The third-order valence-corrected chi connectivity index (χ3v) is 7.80. The molecule has 5 saturated heterocycles. The molecule has 7 atom stereocenters. The Hall–Kier alpha value is -0.360. The fourth-order valence-corrected chi connectivity index (χ4v) is 6.04. The van der Waals surface area contributed by atoms with Crippen LogP contribution in [0.5, 0.6) is 0 Å². The molecule has 0 aromatic heterocycles. The fraction of sp³-hybridized carbons (Fsp3) is 1.00. The average molecular weight is 427 g/mol. The van der Waals surface area contributed by atoms with Crippen molar-refractivity contribution < 1.29 is 24.7 Å². The van der Waals surface area contributed by atoms with Crippen LogP contribution >= 0.6 is 0 Å². The second kappa shape index (κ2) is 10.1. The molecular weight excluding hydrogens is 386 g/mol. The lowest BCUT2D eigenvalue weighted by molar-refractivity contribution is -0.724. The summed E-state index contributed by atoms with van der Waals surface area (Å²) >= 11 is 0. The number of quaternary nitrogens is 1. The highest BCUT2D eigenvalue weighted by atomic mass is 16.7. The molecule has 0 aliphatic carbocycles. The predicted octanol–water partition coefficient (Wildman–Crippen LogP) is -1.60. The van der Waals surface area contributed by atoms with Gasteiger partial charge in [0.25, 0.3) is 0 Å². The average Bonchev–Trinajstić information content (AvgIpc) is 3.55. The molecule has 5 aliphatic heterocycles. The highest BCUT2D eigenvalue weighted by Gasteiger charge is 2.42. The van der Waals surface area contributed by atoms with Gasteiger partial charge in [0.05, 0.1) is 50.8 Å². The van der Waals surface area contributed by atoms with E-state index in [1.165, 1.54) is 19.3 Å². The Morgan fingerprint density at radius 2 is 1.87 bits per heavy atom. The molecule has 9 nitrogen and oxygen atoms in total. The lowest BCUT2D eigenvalue weighted by Gasteiger charge is -2.37. The maximum atomic E-state index is 9.33. The fourth-order valence-electron chi connectivity index (χ4n) is 6.04. The van der Waals surface area contributed by atoms with Crippen molar-refractivity contribution in [1.29, 1.82) is 0 Å². The quantitative estimate of drug-likeness (QED) is 0.404. The Morgan fingerprint density at radius 1 is 1.00 bits per heavy atom. The SMILES string of the molecule is OCC1CCC(CN2CCC[C@@H]2C2NC(C3CCC(N4CCOCC4)[NH2+]C3)NO2)O1. The molecule has 5 rings (SSSR count). The molecule has 0 amide bonds. The first kappa shape index (κ1) is 21.5. The number of nitrogens with zero attached hydrogens (tertiary/aromatic N) is 2. The van der Waals surface area contributed by atoms with Gasteiger partial charge < -0.3 is 19.9 Å². The van der Waals surface area contributed by atoms with Crippen molar-refractivity contribution in [3.8, 4) is 0 Å². The summed E-state index contributed by atoms with van der Waals surface area (Å²) in [6, 6.07) is 0.396. The van der Waals surface area contributed by atoms with Crippen LogP contribution in [0.4, 0.5) is 0 Å². The summed E-state index contributed by atoms with van der Waals surface area (Å²) in [5.41, 5.74) is 3.32. The van der Waals surface area contributed by atoms with Crippen molar-refractivity contribution in [2.24, 2.45) is 5.92 Å². The number of nitrogens with two attached hydrogens (primary N) is 1. The molecule has 0 aromatic rings. The second-order valence-electron chi connectivity index (χ2n) is 9.67. The van der Waals surface area contributed by atoms with Crippen LogP contribution < -0.4 is 16.1 Å². The monoisotopic (exact) mass is 426 g/mol. The van der Waals surface area contributed by atoms with Crippen LogP contribution in [0.15, 0.2) is 0 Å². The highest BCUT2D eigenvalue weighted by Crippen LogP contribution is 2.28. The Morgan fingerprint density at radius 3 is 2.63 bits per heavy atom. The van der Waals surface area contributed by atoms with Crippen LogP contribution in [0.1, 0.15) is 38.5 Å². The molecule has 6 unspecified atom stereocenters. The van der Waals surface area contributed by atoms with Crippen LogP contribution in [-0.2, 0) is 14.3 Å². The van der Waals surface area contributed by atoms with Crippen LogP contribution in [0.25, 0.3) is 0 Å². The zero-order valence-electron chi connectivity index (χ0n) is 18.1. The number of hydrogen-bond acceptors (Lipinski definition) is 8. The largest absolute Gasteiger partial charge is 0.394 e. The van der Waals surface area contributed by atoms with Gasteiger partial charge in [-0.3, -0.25) is 15.1 Å². The van der Waals surface area contributed by atoms with Gasteiger partial charge in [-0.2, -0.15) is 5.48 Å². The number of hydroxylamine groups is 1. The summed E-state index contributed by atoms with van der Waals surface area (Å²) in [4.78, 5) is 11.2. The maximum Gasteiger partial charge on any atom is 0.146 e. The molecular formula is C21H40N5O4+. The minimum atomic E-state index is 0.0341. The number of piperidine rings is 1. The topological polar surface area (TPSA) is 95.1 Å². The first-order valence-electron chi connectivity index (χ1n) is 12.1. The summed E-state index contributed by atoms with van der Waals surface area (Å²) in [7, 11) is 0. The number of hydrogen-bond donors (Lipinski definition) is 4. The number of morpholine rings is 1. The van der Waals surface area contributed by atoms with Gasteiger partial charge in [0, 0.05) is 32.0 Å². The van der Waals surface area contributed by atoms with Crippen LogP contribution in [0.3, 0.4) is 0 Å². The van der Waals surface area contributed by atoms with Crippen molar-refractivity contribution in [2.75, 3.05) is 52.5 Å². The van der Waals surface area contributed by atoms with Gasteiger partial charge in [-0.1, -0.05) is 0 Å². The van der Waals surface area contributed by atoms with Crippen LogP contribution in [-0.4, -0.2) is 104 Å². The van der Waals surface area contributed by atoms with Gasteiger partial charge in [0.2, 0.25) is 0 Å². The van der Waals surface area contributed by atoms with E-state index < -0.39 is 0 Å². The normalized spacial score (nSPS) is 44.1. The number of nitrogens with one attached hydrogen (secondary N) is 2. The van der Waals surface area contributed by atoms with E-state index in [1.54, 1.807) is 0 Å². The van der Waals surface area contributed by atoms with Crippen molar-refractivity contribution in [2.45, 2.75) is 75.3 Å². The first-order valence-corrected chi connectivity index (χ1v) is 12.1. The minimum absolute atomic E-state index is 0.0341. The van der Waals surface area contributed by atoms with Crippen molar-refractivity contribution >= 4 is 0 Å². The third-order valence-electron chi connectivity index (χ3n) is 7.80. The Balaban J connectivity index is 1.08. The number of rotatable bonds is 6. The van der Waals surface area contributed by atoms with E-state index in [-0.39, 0.29) is 31.2 Å². The predicted molar refractivity (Wildman–Crippen MR) is 110 cm³/mol. The summed E-state index contributed by atoms with van der Waals surface area (Å²) in [5.74, 6) is 0.589. The summed E-state index contributed by atoms with van der Waals surface area (Å²) in [5, 5.41) is 15.6. The Labute approximate surface area is 179 Å². The molecule has 5 heterocycles. The Kier molecular flexibility index (Phi) is 7.20. The standard InChI is InChI=1S/C21H39N5O4/c27-14-17-5-4-16(29-17)13-26-7-1-2-18(26)21-23-20(24-30-21)15-3-6-19(22-12-15)25-8-10-28-11-9-25/h15-24,27H,1-14H2/p+1/t15?,16?,17?,18-,19?,20?,21?/m1/s1. The molecule has 5 aliphatic rings. The number of likely N-dealkylation sites (tertiary alicyclic amines) is 1. The van der Waals surface area contributed by atoms with Gasteiger partial charge in [-0.15, -0.1) is 0 Å². The molecule has 0 spiro atoms. The number of ether oxygens (including phenoxy) is 2. The van der Waals surface area contributed by atoms with Gasteiger partial charge >= 0.3 is 0 Å². The Bertz CT molecular complexity index is 543. The molecule has 9 heteroatoms. The minimum Gasteiger partial charge on any atom is -0.394 e. The molecule has 5 fully saturated rings. The highest BCUT2D eigenvalue weighted by molar-refractivity contribution is 4.91. The number of aliphatic hydroxyl groups is 1. The molecule has 0 saturated carbocycles. The maximum absolute atomic E-state index is 9.33. The van der Waals surface area contributed by atoms with Gasteiger partial charge in [0.15, 0.2) is 0 Å². The van der Waals surface area contributed by atoms with E-state index >= 15 is 0 Å². The van der Waals surface area contributed by atoms with Gasteiger partial charge in [-0.25, -0.2) is 4.90 Å². The third kappa shape index (κ3) is 4.84. The van der Waals surface area contributed by atoms with E-state index in [0.717, 1.165) is 65.2 Å². The van der Waals surface area contributed by atoms with E-state index in [1.807, 2.05) is 0 Å². The molecule has 0 aromatic carbocycles. The zero-order valence-corrected chi connectivity index (χ0v) is 18.1. The van der Waals surface area contributed by atoms with Gasteiger partial charge in [-0.05, 0) is 38.6 Å². The molecule has 0 bridgehead atoms. The van der Waals surface area contributed by atoms with E-state index in [4.69, 9.17) is 14.3 Å². The lowest BCUT2D eigenvalue weighted by atomic mass is 9.94. The van der Waals surface area contributed by atoms with Crippen LogP contribution in [0.2, 0.25) is 0 Å². The molecule has 30 heavy (non-hydrogen) atoms. The smallest absolute Gasteiger partial charge is 0.146 e. The van der Waals surface area contributed by atoms with E-state index in [0.29, 0.717) is 18.1 Å². The van der Waals surface area contributed by atoms with Crippen molar-refractivity contribution in [1.82, 2.24) is 20.6 Å². The lowest BCUT2D eigenvalue weighted by Crippen LogP contribution is -2.96. The van der Waals surface area contributed by atoms with Gasteiger partial charge in [0.1, 0.15) is 12.4 Å². The zero-order chi connectivity index (χ0) is 20.3. The van der Waals surface area contributed by atoms with E-state index in [9.17, 15) is 5.11 Å². The summed E-state index contributed by atoms with van der Waals surface area (Å²) < 4.78 is 11.5. The van der Waals surface area contributed by atoms with Crippen molar-refractivity contribution in [3.63, 3.8) is 0 Å². The molecule has 172 valence electrons. The molecule has 5 N–H and O–H groups in total. The summed E-state index contributed by atoms with van der Waals surface area (Å²) in [6.07, 6.45) is 8.05. The number of aliphatic hydroxyl groups excluding tert-OH is 1. The van der Waals surface area contributed by atoms with Crippen molar-refractivity contribution in [3.05, 3.63) is 0 Å².